The standard InChI is InChI=1S/C18H23FN4O2S/c1-14-7-9-16(10-8-14)26(24,25)23-12-11-21-18(20-2)22-13-15-5-3-4-6-17(15)19/h3-10,23H,11-13H2,1-2H3,(H2,20,21,22). The molecule has 0 aliphatic rings. The van der Waals surface area contributed by atoms with Gasteiger partial charge in [-0.15, -0.1) is 0 Å². The van der Waals surface area contributed by atoms with Crippen LogP contribution in [0.2, 0.25) is 0 Å². The third-order valence-electron chi connectivity index (χ3n) is 3.67. The van der Waals surface area contributed by atoms with Crippen LogP contribution in [0.25, 0.3) is 0 Å². The van der Waals surface area contributed by atoms with Gasteiger partial charge in [0.25, 0.3) is 0 Å². The number of nitrogens with zero attached hydrogens (tertiary/aromatic N) is 1. The van der Waals surface area contributed by atoms with Crippen molar-refractivity contribution >= 4 is 16.0 Å². The number of hydrogen-bond acceptors (Lipinski definition) is 3. The minimum atomic E-state index is -3.54. The topological polar surface area (TPSA) is 82.6 Å². The average molecular weight is 378 g/mol. The van der Waals surface area contributed by atoms with E-state index in [1.165, 1.54) is 6.07 Å². The predicted molar refractivity (Wildman–Crippen MR) is 101 cm³/mol. The zero-order valence-electron chi connectivity index (χ0n) is 14.8. The number of hydrogen-bond donors (Lipinski definition) is 3. The fourth-order valence-corrected chi connectivity index (χ4v) is 3.24. The molecule has 0 aliphatic carbocycles. The highest BCUT2D eigenvalue weighted by atomic mass is 32.2. The molecule has 0 saturated carbocycles. The van der Waals surface area contributed by atoms with Gasteiger partial charge in [-0.2, -0.15) is 0 Å². The van der Waals surface area contributed by atoms with Gasteiger partial charge in [0.2, 0.25) is 10.0 Å². The normalized spacial score (nSPS) is 12.0. The summed E-state index contributed by atoms with van der Waals surface area (Å²) in [5.41, 5.74) is 1.52. The van der Waals surface area contributed by atoms with Crippen LogP contribution in [0.1, 0.15) is 11.1 Å². The van der Waals surface area contributed by atoms with E-state index in [-0.39, 0.29) is 23.8 Å². The van der Waals surface area contributed by atoms with Crippen molar-refractivity contribution in [1.82, 2.24) is 15.4 Å². The second kappa shape index (κ2) is 9.30. The second-order valence-electron chi connectivity index (χ2n) is 5.65. The quantitative estimate of drug-likeness (QED) is 0.390. The number of aliphatic imine (C=N–C) groups is 1. The SMILES string of the molecule is CN=C(NCCNS(=O)(=O)c1ccc(C)cc1)NCc1ccccc1F. The first-order chi connectivity index (χ1) is 12.4. The second-order valence-corrected chi connectivity index (χ2v) is 7.42. The molecule has 0 aromatic heterocycles. The van der Waals surface area contributed by atoms with Crippen LogP contribution in [0.4, 0.5) is 4.39 Å². The molecule has 0 unspecified atom stereocenters. The van der Waals surface area contributed by atoms with Crippen molar-refractivity contribution in [2.45, 2.75) is 18.4 Å². The summed E-state index contributed by atoms with van der Waals surface area (Å²) in [5, 5.41) is 5.97. The van der Waals surface area contributed by atoms with Crippen molar-refractivity contribution < 1.29 is 12.8 Å². The van der Waals surface area contributed by atoms with Gasteiger partial charge in [0.05, 0.1) is 4.90 Å². The van der Waals surface area contributed by atoms with E-state index >= 15 is 0 Å². The first-order valence-electron chi connectivity index (χ1n) is 8.16. The van der Waals surface area contributed by atoms with Crippen LogP contribution in [0, 0.1) is 12.7 Å². The van der Waals surface area contributed by atoms with E-state index in [2.05, 4.69) is 20.3 Å². The predicted octanol–water partition coefficient (Wildman–Crippen LogP) is 1.78. The lowest BCUT2D eigenvalue weighted by Gasteiger charge is -2.13. The Morgan fingerprint density at radius 2 is 1.73 bits per heavy atom. The molecule has 0 heterocycles. The molecular formula is C18H23FN4O2S. The molecule has 2 rings (SSSR count). The van der Waals surface area contributed by atoms with Crippen LogP contribution in [-0.4, -0.2) is 34.5 Å². The molecule has 8 heteroatoms. The molecule has 0 amide bonds. The molecule has 0 aliphatic heterocycles. The molecule has 2 aromatic carbocycles. The fraction of sp³-hybridized carbons (Fsp3) is 0.278. The molecule has 0 atom stereocenters. The zero-order chi connectivity index (χ0) is 19.0. The Balaban J connectivity index is 1.78. The number of guanidine groups is 1. The Labute approximate surface area is 153 Å². The van der Waals surface area contributed by atoms with Crippen molar-refractivity contribution in [3.8, 4) is 0 Å². The summed E-state index contributed by atoms with van der Waals surface area (Å²) in [5.74, 6) is 0.170. The van der Waals surface area contributed by atoms with Crippen LogP contribution in [0.15, 0.2) is 58.4 Å². The van der Waals surface area contributed by atoms with Crippen molar-refractivity contribution in [3.63, 3.8) is 0 Å². The van der Waals surface area contributed by atoms with E-state index in [1.54, 1.807) is 49.5 Å². The number of benzene rings is 2. The molecular weight excluding hydrogens is 355 g/mol. The summed E-state index contributed by atoms with van der Waals surface area (Å²) >= 11 is 0. The Morgan fingerprint density at radius 1 is 1.04 bits per heavy atom. The van der Waals surface area contributed by atoms with Crippen LogP contribution in [0.3, 0.4) is 0 Å². The highest BCUT2D eigenvalue weighted by molar-refractivity contribution is 7.89. The minimum absolute atomic E-state index is 0.191. The lowest BCUT2D eigenvalue weighted by molar-refractivity contribution is 0.580. The average Bonchev–Trinajstić information content (AvgIpc) is 2.62. The first-order valence-corrected chi connectivity index (χ1v) is 9.65. The van der Waals surface area contributed by atoms with Crippen molar-refractivity contribution in [2.24, 2.45) is 4.99 Å². The molecule has 0 fully saturated rings. The van der Waals surface area contributed by atoms with Crippen LogP contribution in [0.5, 0.6) is 0 Å². The number of sulfonamides is 1. The van der Waals surface area contributed by atoms with E-state index in [0.29, 0.717) is 18.1 Å². The number of rotatable bonds is 7. The molecule has 3 N–H and O–H groups in total. The molecule has 140 valence electrons. The third-order valence-corrected chi connectivity index (χ3v) is 5.15. The summed E-state index contributed by atoms with van der Waals surface area (Å²) in [7, 11) is -1.95. The zero-order valence-corrected chi connectivity index (χ0v) is 15.6. The maximum absolute atomic E-state index is 13.6. The molecule has 6 nitrogen and oxygen atoms in total. The Bertz CT molecular complexity index is 852. The van der Waals surface area contributed by atoms with E-state index in [4.69, 9.17) is 0 Å². The van der Waals surface area contributed by atoms with Crippen molar-refractivity contribution in [1.29, 1.82) is 0 Å². The molecule has 0 spiro atoms. The van der Waals surface area contributed by atoms with Gasteiger partial charge >= 0.3 is 0 Å². The van der Waals surface area contributed by atoms with Crippen LogP contribution in [-0.2, 0) is 16.6 Å². The van der Waals surface area contributed by atoms with Gasteiger partial charge in [0.15, 0.2) is 5.96 Å². The van der Waals surface area contributed by atoms with E-state index in [9.17, 15) is 12.8 Å². The molecule has 0 saturated heterocycles. The summed E-state index contributed by atoms with van der Waals surface area (Å²) in [6, 6.07) is 13.1. The Morgan fingerprint density at radius 3 is 2.38 bits per heavy atom. The summed E-state index contributed by atoms with van der Waals surface area (Å²) in [6.07, 6.45) is 0. The third kappa shape index (κ3) is 5.82. The van der Waals surface area contributed by atoms with Gasteiger partial charge in [-0.25, -0.2) is 17.5 Å². The lowest BCUT2D eigenvalue weighted by Crippen LogP contribution is -2.41. The molecule has 0 radical (unpaired) electrons. The van der Waals surface area contributed by atoms with Gasteiger partial charge in [-0.1, -0.05) is 35.9 Å². The van der Waals surface area contributed by atoms with Gasteiger partial charge in [-0.3, -0.25) is 4.99 Å². The monoisotopic (exact) mass is 378 g/mol. The van der Waals surface area contributed by atoms with Gasteiger partial charge in [-0.05, 0) is 25.1 Å². The smallest absolute Gasteiger partial charge is 0.240 e. The fourth-order valence-electron chi connectivity index (χ4n) is 2.21. The highest BCUT2D eigenvalue weighted by Crippen LogP contribution is 2.09. The summed E-state index contributed by atoms with van der Waals surface area (Å²) in [4.78, 5) is 4.26. The molecule has 0 bridgehead atoms. The minimum Gasteiger partial charge on any atom is -0.355 e. The van der Waals surface area contributed by atoms with Gasteiger partial charge < -0.3 is 10.6 Å². The summed E-state index contributed by atoms with van der Waals surface area (Å²) in [6.45, 7) is 2.70. The highest BCUT2D eigenvalue weighted by Gasteiger charge is 2.12. The van der Waals surface area contributed by atoms with E-state index in [0.717, 1.165) is 5.56 Å². The lowest BCUT2D eigenvalue weighted by atomic mass is 10.2. The van der Waals surface area contributed by atoms with Gasteiger partial charge in [0.1, 0.15) is 5.82 Å². The summed E-state index contributed by atoms with van der Waals surface area (Å²) < 4.78 is 40.5. The Kier molecular flexibility index (Phi) is 7.11. The number of aryl methyl sites for hydroxylation is 1. The van der Waals surface area contributed by atoms with Gasteiger partial charge in [0, 0.05) is 32.2 Å². The molecule has 26 heavy (non-hydrogen) atoms. The molecule has 2 aromatic rings. The number of halogens is 1. The number of nitrogens with one attached hydrogen (secondary N) is 3. The van der Waals surface area contributed by atoms with E-state index < -0.39 is 10.0 Å². The Hall–Kier alpha value is -2.45. The van der Waals surface area contributed by atoms with Crippen LogP contribution < -0.4 is 15.4 Å². The maximum atomic E-state index is 13.6. The van der Waals surface area contributed by atoms with Crippen molar-refractivity contribution in [3.05, 3.63) is 65.5 Å². The maximum Gasteiger partial charge on any atom is 0.240 e. The first kappa shape index (κ1) is 19.9. The van der Waals surface area contributed by atoms with Crippen LogP contribution >= 0.6 is 0 Å². The largest absolute Gasteiger partial charge is 0.355 e. The van der Waals surface area contributed by atoms with E-state index in [1.807, 2.05) is 6.92 Å². The van der Waals surface area contributed by atoms with Crippen molar-refractivity contribution in [2.75, 3.05) is 20.1 Å².